The Bertz CT molecular complexity index is 709. The van der Waals surface area contributed by atoms with Gasteiger partial charge < -0.3 is 4.90 Å². The van der Waals surface area contributed by atoms with Crippen molar-refractivity contribution in [3.8, 4) is 0 Å². The first-order chi connectivity index (χ1) is 10.5. The van der Waals surface area contributed by atoms with E-state index in [1.165, 1.54) is 18.2 Å². The molecule has 1 aromatic carbocycles. The highest BCUT2D eigenvalue weighted by Gasteiger charge is 2.34. The molecule has 22 heavy (non-hydrogen) atoms. The van der Waals surface area contributed by atoms with E-state index in [-0.39, 0.29) is 17.0 Å². The number of aromatic amines is 1. The van der Waals surface area contributed by atoms with Crippen molar-refractivity contribution in [2.24, 2.45) is 0 Å². The Balaban J connectivity index is 1.95. The molecular weight excluding hydrogens is 305 g/mol. The minimum Gasteiger partial charge on any atom is -0.331 e. The van der Waals surface area contributed by atoms with Crippen molar-refractivity contribution >= 4 is 17.5 Å². The number of H-pyrrole nitrogens is 1. The minimum atomic E-state index is -0.443. The topological polar surface area (TPSA) is 49.0 Å². The van der Waals surface area contributed by atoms with E-state index in [1.54, 1.807) is 0 Å². The summed E-state index contributed by atoms with van der Waals surface area (Å²) in [6.45, 7) is 4.56. The summed E-state index contributed by atoms with van der Waals surface area (Å²) >= 11 is 6.03. The highest BCUT2D eigenvalue weighted by atomic mass is 35.5. The van der Waals surface area contributed by atoms with Crippen molar-refractivity contribution < 1.29 is 9.18 Å². The van der Waals surface area contributed by atoms with Crippen molar-refractivity contribution in [2.45, 2.75) is 32.7 Å². The van der Waals surface area contributed by atoms with Gasteiger partial charge in [0.05, 0.1) is 22.3 Å². The van der Waals surface area contributed by atoms with Crippen molar-refractivity contribution in [1.29, 1.82) is 0 Å². The molecule has 0 spiro atoms. The van der Waals surface area contributed by atoms with Gasteiger partial charge in [-0.25, -0.2) is 4.39 Å². The summed E-state index contributed by atoms with van der Waals surface area (Å²) in [5.41, 5.74) is 3.30. The SMILES string of the molecule is Cc1n[nH]c(C)c1[C@H]1CCCN1C(=O)c1ccc(F)cc1Cl. The van der Waals surface area contributed by atoms with Crippen LogP contribution in [0.2, 0.25) is 5.02 Å². The normalized spacial score (nSPS) is 18.0. The van der Waals surface area contributed by atoms with E-state index in [9.17, 15) is 9.18 Å². The van der Waals surface area contributed by atoms with Crippen LogP contribution in [0.3, 0.4) is 0 Å². The zero-order valence-corrected chi connectivity index (χ0v) is 13.2. The maximum Gasteiger partial charge on any atom is 0.255 e. The number of rotatable bonds is 2. The lowest BCUT2D eigenvalue weighted by Gasteiger charge is -2.25. The molecule has 116 valence electrons. The van der Waals surface area contributed by atoms with Crippen LogP contribution in [-0.2, 0) is 0 Å². The molecule has 1 fully saturated rings. The number of hydrogen-bond acceptors (Lipinski definition) is 2. The molecule has 1 aromatic heterocycles. The van der Waals surface area contributed by atoms with Crippen molar-refractivity contribution in [3.05, 3.63) is 51.6 Å². The number of carbonyl (C=O) groups excluding carboxylic acids is 1. The maximum atomic E-state index is 13.2. The average molecular weight is 322 g/mol. The quantitative estimate of drug-likeness (QED) is 0.914. The number of amides is 1. The molecule has 0 unspecified atom stereocenters. The van der Waals surface area contributed by atoms with Crippen molar-refractivity contribution in [3.63, 3.8) is 0 Å². The molecule has 0 aliphatic carbocycles. The van der Waals surface area contributed by atoms with Gasteiger partial charge in [-0.05, 0) is 44.9 Å². The van der Waals surface area contributed by atoms with E-state index in [0.29, 0.717) is 12.1 Å². The number of hydrogen-bond donors (Lipinski definition) is 1. The van der Waals surface area contributed by atoms with Crippen LogP contribution in [-0.4, -0.2) is 27.5 Å². The van der Waals surface area contributed by atoms with E-state index >= 15 is 0 Å². The number of nitrogens with zero attached hydrogens (tertiary/aromatic N) is 2. The molecule has 1 aliphatic heterocycles. The second-order valence-corrected chi connectivity index (χ2v) is 6.04. The maximum absolute atomic E-state index is 13.2. The zero-order chi connectivity index (χ0) is 15.9. The first-order valence-corrected chi connectivity index (χ1v) is 7.64. The fourth-order valence-corrected chi connectivity index (χ4v) is 3.43. The molecule has 1 amide bonds. The molecule has 1 aliphatic rings. The van der Waals surface area contributed by atoms with E-state index in [4.69, 9.17) is 11.6 Å². The van der Waals surface area contributed by atoms with Gasteiger partial charge in [-0.3, -0.25) is 9.89 Å². The molecule has 1 N–H and O–H groups in total. The van der Waals surface area contributed by atoms with Gasteiger partial charge in [-0.15, -0.1) is 0 Å². The van der Waals surface area contributed by atoms with Crippen LogP contribution in [0.5, 0.6) is 0 Å². The van der Waals surface area contributed by atoms with Gasteiger partial charge in [-0.1, -0.05) is 11.6 Å². The van der Waals surface area contributed by atoms with Crippen LogP contribution in [0.1, 0.15) is 46.2 Å². The summed E-state index contributed by atoms with van der Waals surface area (Å²) in [4.78, 5) is 14.6. The summed E-state index contributed by atoms with van der Waals surface area (Å²) in [6, 6.07) is 3.88. The van der Waals surface area contributed by atoms with Crippen LogP contribution in [0.25, 0.3) is 0 Å². The lowest BCUT2D eigenvalue weighted by molar-refractivity contribution is 0.0735. The molecule has 0 radical (unpaired) electrons. The van der Waals surface area contributed by atoms with Gasteiger partial charge in [-0.2, -0.15) is 5.10 Å². The first-order valence-electron chi connectivity index (χ1n) is 7.26. The number of carbonyl (C=O) groups is 1. The Morgan fingerprint density at radius 1 is 1.45 bits per heavy atom. The average Bonchev–Trinajstić information content (AvgIpc) is 3.05. The minimum absolute atomic E-state index is 0.00707. The predicted octanol–water partition coefficient (Wildman–Crippen LogP) is 3.80. The lowest BCUT2D eigenvalue weighted by atomic mass is 10.0. The number of aryl methyl sites for hydroxylation is 2. The van der Waals surface area contributed by atoms with Crippen LogP contribution < -0.4 is 0 Å². The highest BCUT2D eigenvalue weighted by molar-refractivity contribution is 6.33. The summed E-state index contributed by atoms with van der Waals surface area (Å²) in [6.07, 6.45) is 1.82. The van der Waals surface area contributed by atoms with E-state index < -0.39 is 5.82 Å². The number of benzene rings is 1. The summed E-state index contributed by atoms with van der Waals surface area (Å²) in [5, 5.41) is 7.34. The molecule has 6 heteroatoms. The van der Waals surface area contributed by atoms with Crippen LogP contribution in [0, 0.1) is 19.7 Å². The van der Waals surface area contributed by atoms with Gasteiger partial charge in [0.2, 0.25) is 0 Å². The van der Waals surface area contributed by atoms with Crippen LogP contribution >= 0.6 is 11.6 Å². The van der Waals surface area contributed by atoms with Gasteiger partial charge in [0.15, 0.2) is 0 Å². The largest absolute Gasteiger partial charge is 0.331 e. The number of halogens is 2. The second-order valence-electron chi connectivity index (χ2n) is 5.63. The predicted molar refractivity (Wildman–Crippen MR) is 82.5 cm³/mol. The molecule has 3 rings (SSSR count). The Kier molecular flexibility index (Phi) is 3.91. The third-order valence-corrected chi connectivity index (χ3v) is 4.51. The molecular formula is C16H17ClFN3O. The standard InChI is InChI=1S/C16H17ClFN3O/c1-9-15(10(2)20-19-9)14-4-3-7-21(14)16(22)12-6-5-11(18)8-13(12)17/h5-6,8,14H,3-4,7H2,1-2H3,(H,19,20)/t14-/m1/s1. The monoisotopic (exact) mass is 321 g/mol. The Hall–Kier alpha value is -1.88. The van der Waals surface area contributed by atoms with E-state index in [0.717, 1.165) is 29.8 Å². The Morgan fingerprint density at radius 3 is 2.86 bits per heavy atom. The first kappa shape index (κ1) is 15.0. The van der Waals surface area contributed by atoms with E-state index in [1.807, 2.05) is 18.7 Å². The Labute approximate surface area is 133 Å². The fourth-order valence-electron chi connectivity index (χ4n) is 3.18. The number of likely N-dealkylation sites (tertiary alicyclic amines) is 1. The fraction of sp³-hybridized carbons (Fsp3) is 0.375. The van der Waals surface area contributed by atoms with E-state index in [2.05, 4.69) is 10.2 Å². The van der Waals surface area contributed by atoms with Crippen molar-refractivity contribution in [1.82, 2.24) is 15.1 Å². The molecule has 0 bridgehead atoms. The number of nitrogens with one attached hydrogen (secondary N) is 1. The van der Waals surface area contributed by atoms with Gasteiger partial charge in [0, 0.05) is 17.8 Å². The third kappa shape index (κ3) is 2.50. The van der Waals surface area contributed by atoms with Crippen molar-refractivity contribution in [2.75, 3.05) is 6.54 Å². The van der Waals surface area contributed by atoms with Gasteiger partial charge >= 0.3 is 0 Å². The van der Waals surface area contributed by atoms with Gasteiger partial charge in [0.25, 0.3) is 5.91 Å². The molecule has 4 nitrogen and oxygen atoms in total. The highest BCUT2D eigenvalue weighted by Crippen LogP contribution is 2.36. The lowest BCUT2D eigenvalue weighted by Crippen LogP contribution is -2.31. The van der Waals surface area contributed by atoms with Crippen LogP contribution in [0.15, 0.2) is 18.2 Å². The molecule has 2 aromatic rings. The molecule has 2 heterocycles. The molecule has 1 atom stereocenters. The summed E-state index contributed by atoms with van der Waals surface area (Å²) < 4.78 is 13.2. The second kappa shape index (κ2) is 5.72. The summed E-state index contributed by atoms with van der Waals surface area (Å²) in [5.74, 6) is -0.603. The third-order valence-electron chi connectivity index (χ3n) is 4.19. The Morgan fingerprint density at radius 2 is 2.23 bits per heavy atom. The summed E-state index contributed by atoms with van der Waals surface area (Å²) in [7, 11) is 0. The molecule has 0 saturated carbocycles. The van der Waals surface area contributed by atoms with Crippen LogP contribution in [0.4, 0.5) is 4.39 Å². The molecule has 1 saturated heterocycles. The zero-order valence-electron chi connectivity index (χ0n) is 12.5. The van der Waals surface area contributed by atoms with Gasteiger partial charge in [0.1, 0.15) is 5.82 Å². The smallest absolute Gasteiger partial charge is 0.255 e. The number of aromatic nitrogens is 2.